The summed E-state index contributed by atoms with van der Waals surface area (Å²) in [5.41, 5.74) is 1.41. The number of nitrogens with one attached hydrogen (secondary N) is 1. The van der Waals surface area contributed by atoms with E-state index in [2.05, 4.69) is 10.4 Å². The van der Waals surface area contributed by atoms with Gasteiger partial charge >= 0.3 is 0 Å². The smallest absolute Gasteiger partial charge is 0.275 e. The summed E-state index contributed by atoms with van der Waals surface area (Å²) in [5, 5.41) is 15.7. The third kappa shape index (κ3) is 2.36. The van der Waals surface area contributed by atoms with Crippen LogP contribution in [0.2, 0.25) is 0 Å². The lowest BCUT2D eigenvalue weighted by Crippen LogP contribution is -2.17. The second-order valence-electron chi connectivity index (χ2n) is 3.58. The Kier molecular flexibility index (Phi) is 3.62. The number of hydrogen-bond donors (Lipinski definition) is 1. The predicted octanol–water partition coefficient (Wildman–Crippen LogP) is 2.15. The number of nitriles is 1. The molecule has 90 valence electrons. The fraction of sp³-hybridized carbons (Fsp3) is 0.0833. The molecule has 0 aliphatic carbocycles. The lowest BCUT2D eigenvalue weighted by atomic mass is 10.2. The Bertz CT molecular complexity index is 622. The van der Waals surface area contributed by atoms with Crippen molar-refractivity contribution in [2.75, 3.05) is 5.32 Å². The van der Waals surface area contributed by atoms with Crippen LogP contribution in [-0.4, -0.2) is 15.7 Å². The van der Waals surface area contributed by atoms with Crippen LogP contribution in [0, 0.1) is 14.9 Å². The van der Waals surface area contributed by atoms with Crippen molar-refractivity contribution in [3.8, 4) is 6.07 Å². The van der Waals surface area contributed by atoms with E-state index in [1.54, 1.807) is 37.5 Å². The first-order chi connectivity index (χ1) is 8.63. The van der Waals surface area contributed by atoms with Gasteiger partial charge in [0, 0.05) is 7.05 Å². The van der Waals surface area contributed by atoms with Gasteiger partial charge in [0.05, 0.1) is 21.0 Å². The van der Waals surface area contributed by atoms with Gasteiger partial charge in [0.1, 0.15) is 11.8 Å². The minimum Gasteiger partial charge on any atom is -0.319 e. The summed E-state index contributed by atoms with van der Waals surface area (Å²) < 4.78 is 2.27. The van der Waals surface area contributed by atoms with Crippen molar-refractivity contribution in [3.63, 3.8) is 0 Å². The molecule has 1 heterocycles. The Morgan fingerprint density at radius 3 is 2.83 bits per heavy atom. The first-order valence-corrected chi connectivity index (χ1v) is 6.19. The Balaban J connectivity index is 2.31. The highest BCUT2D eigenvalue weighted by Gasteiger charge is 2.16. The maximum Gasteiger partial charge on any atom is 0.275 e. The molecule has 0 radical (unpaired) electrons. The van der Waals surface area contributed by atoms with Crippen LogP contribution in [-0.2, 0) is 7.05 Å². The van der Waals surface area contributed by atoms with Crippen molar-refractivity contribution >= 4 is 34.2 Å². The molecule has 0 saturated carbocycles. The molecule has 0 aliphatic heterocycles. The zero-order chi connectivity index (χ0) is 13.1. The monoisotopic (exact) mass is 352 g/mol. The van der Waals surface area contributed by atoms with Gasteiger partial charge in [-0.25, -0.2) is 0 Å². The number of rotatable bonds is 2. The van der Waals surface area contributed by atoms with Crippen LogP contribution < -0.4 is 5.32 Å². The third-order valence-corrected chi connectivity index (χ3v) is 3.19. The quantitative estimate of drug-likeness (QED) is 0.842. The van der Waals surface area contributed by atoms with Crippen molar-refractivity contribution in [2.45, 2.75) is 0 Å². The van der Waals surface area contributed by atoms with Crippen LogP contribution in [0.1, 0.15) is 16.1 Å². The minimum absolute atomic E-state index is 0.276. The van der Waals surface area contributed by atoms with Crippen molar-refractivity contribution in [3.05, 3.63) is 45.3 Å². The summed E-state index contributed by atoms with van der Waals surface area (Å²) in [6.45, 7) is 0. The predicted molar refractivity (Wildman–Crippen MR) is 75.0 cm³/mol. The molecule has 0 atom stereocenters. The molecule has 6 heteroatoms. The molecule has 1 aromatic carbocycles. The first-order valence-electron chi connectivity index (χ1n) is 5.11. The summed E-state index contributed by atoms with van der Waals surface area (Å²) in [7, 11) is 1.70. The maximum absolute atomic E-state index is 12.1. The van der Waals surface area contributed by atoms with Gasteiger partial charge in [0.25, 0.3) is 5.91 Å². The van der Waals surface area contributed by atoms with Crippen LogP contribution in [0.3, 0.4) is 0 Å². The standard InChI is InChI=1S/C12H9IN4O/c1-17-11(9(13)7-15-17)12(18)16-10-5-3-2-4-8(10)6-14/h2-5,7H,1H3,(H,16,18). The van der Waals surface area contributed by atoms with E-state index in [9.17, 15) is 4.79 Å². The lowest BCUT2D eigenvalue weighted by molar-refractivity contribution is 0.101. The highest BCUT2D eigenvalue weighted by Crippen LogP contribution is 2.17. The summed E-state index contributed by atoms with van der Waals surface area (Å²) in [4.78, 5) is 12.1. The van der Waals surface area contributed by atoms with Crippen molar-refractivity contribution < 1.29 is 4.79 Å². The number of aromatic nitrogens is 2. The fourth-order valence-corrected chi connectivity index (χ4v) is 2.26. The zero-order valence-electron chi connectivity index (χ0n) is 9.51. The maximum atomic E-state index is 12.1. The minimum atomic E-state index is -0.276. The van der Waals surface area contributed by atoms with Gasteiger partial charge in [-0.3, -0.25) is 9.48 Å². The molecule has 0 spiro atoms. The molecule has 5 nitrogen and oxygen atoms in total. The van der Waals surface area contributed by atoms with Crippen molar-refractivity contribution in [1.29, 1.82) is 5.26 Å². The largest absolute Gasteiger partial charge is 0.319 e. The molecule has 1 N–H and O–H groups in total. The number of aryl methyl sites for hydroxylation is 1. The molecule has 1 amide bonds. The molecule has 0 fully saturated rings. The number of nitrogens with zero attached hydrogens (tertiary/aromatic N) is 3. The molecule has 18 heavy (non-hydrogen) atoms. The van der Waals surface area contributed by atoms with E-state index >= 15 is 0 Å². The summed E-state index contributed by atoms with van der Waals surface area (Å²) in [6.07, 6.45) is 1.62. The topological polar surface area (TPSA) is 70.7 Å². The second-order valence-corrected chi connectivity index (χ2v) is 4.74. The van der Waals surface area contributed by atoms with Crippen LogP contribution in [0.4, 0.5) is 5.69 Å². The van der Waals surface area contributed by atoms with Gasteiger partial charge in [-0.15, -0.1) is 0 Å². The summed E-state index contributed by atoms with van der Waals surface area (Å²) in [6, 6.07) is 8.91. The van der Waals surface area contributed by atoms with E-state index in [1.165, 1.54) is 4.68 Å². The average molecular weight is 352 g/mol. The Labute approximate surface area is 118 Å². The fourth-order valence-electron chi connectivity index (χ4n) is 1.54. The van der Waals surface area contributed by atoms with Crippen LogP contribution >= 0.6 is 22.6 Å². The Hall–Kier alpha value is -1.88. The van der Waals surface area contributed by atoms with E-state index in [0.717, 1.165) is 3.57 Å². The number of halogens is 1. The van der Waals surface area contributed by atoms with Crippen LogP contribution in [0.25, 0.3) is 0 Å². The number of para-hydroxylation sites is 1. The number of amides is 1. The number of carbonyl (C=O) groups is 1. The normalized spacial score (nSPS) is 9.83. The van der Waals surface area contributed by atoms with Gasteiger partial charge in [0.2, 0.25) is 0 Å². The molecule has 0 bridgehead atoms. The Morgan fingerprint density at radius 1 is 1.50 bits per heavy atom. The van der Waals surface area contributed by atoms with Crippen LogP contribution in [0.15, 0.2) is 30.5 Å². The van der Waals surface area contributed by atoms with Gasteiger partial charge in [0.15, 0.2) is 0 Å². The average Bonchev–Trinajstić information content (AvgIpc) is 2.69. The van der Waals surface area contributed by atoms with Crippen LogP contribution in [0.5, 0.6) is 0 Å². The number of anilines is 1. The van der Waals surface area contributed by atoms with Gasteiger partial charge < -0.3 is 5.32 Å². The first kappa shape index (κ1) is 12.6. The second kappa shape index (κ2) is 5.18. The Morgan fingerprint density at radius 2 is 2.22 bits per heavy atom. The van der Waals surface area contributed by atoms with E-state index < -0.39 is 0 Å². The lowest BCUT2D eigenvalue weighted by Gasteiger charge is -2.07. The molecule has 0 saturated heterocycles. The van der Waals surface area contributed by atoms with E-state index in [-0.39, 0.29) is 5.91 Å². The van der Waals surface area contributed by atoms with Gasteiger partial charge in [-0.05, 0) is 34.7 Å². The van der Waals surface area contributed by atoms with E-state index in [4.69, 9.17) is 5.26 Å². The molecule has 0 unspecified atom stereocenters. The number of benzene rings is 1. The van der Waals surface area contributed by atoms with Gasteiger partial charge in [-0.2, -0.15) is 10.4 Å². The molecular formula is C12H9IN4O. The third-order valence-electron chi connectivity index (χ3n) is 2.40. The number of carbonyl (C=O) groups excluding carboxylic acids is 1. The summed E-state index contributed by atoms with van der Waals surface area (Å²) >= 11 is 2.05. The molecule has 1 aromatic heterocycles. The highest BCUT2D eigenvalue weighted by molar-refractivity contribution is 14.1. The SMILES string of the molecule is Cn1ncc(I)c1C(=O)Nc1ccccc1C#N. The van der Waals surface area contributed by atoms with E-state index in [1.807, 2.05) is 28.7 Å². The number of hydrogen-bond acceptors (Lipinski definition) is 3. The van der Waals surface area contributed by atoms with Gasteiger partial charge in [-0.1, -0.05) is 12.1 Å². The highest BCUT2D eigenvalue weighted by atomic mass is 127. The molecule has 2 aromatic rings. The molecule has 2 rings (SSSR count). The molecule has 0 aliphatic rings. The molecular weight excluding hydrogens is 343 g/mol. The zero-order valence-corrected chi connectivity index (χ0v) is 11.7. The van der Waals surface area contributed by atoms with E-state index in [0.29, 0.717) is 16.9 Å². The van der Waals surface area contributed by atoms with Crippen molar-refractivity contribution in [1.82, 2.24) is 9.78 Å². The van der Waals surface area contributed by atoms with Crippen molar-refractivity contribution in [2.24, 2.45) is 7.05 Å². The summed E-state index contributed by atoms with van der Waals surface area (Å²) in [5.74, 6) is -0.276.